The second-order valence-corrected chi connectivity index (χ2v) is 8.66. The Morgan fingerprint density at radius 3 is 2.50 bits per heavy atom. The summed E-state index contributed by atoms with van der Waals surface area (Å²) in [6, 6.07) is 20.5. The Labute approximate surface area is 208 Å². The van der Waals surface area contributed by atoms with Gasteiger partial charge in [0.05, 0.1) is 25.3 Å². The van der Waals surface area contributed by atoms with Gasteiger partial charge in [0, 0.05) is 11.3 Å². The van der Waals surface area contributed by atoms with Gasteiger partial charge in [0.15, 0.2) is 0 Å². The van der Waals surface area contributed by atoms with Crippen molar-refractivity contribution in [3.8, 4) is 17.1 Å². The number of aryl methyl sites for hydroxylation is 1. The van der Waals surface area contributed by atoms with E-state index in [1.165, 1.54) is 12.1 Å². The highest BCUT2D eigenvalue weighted by molar-refractivity contribution is 5.86. The van der Waals surface area contributed by atoms with E-state index >= 15 is 0 Å². The van der Waals surface area contributed by atoms with Crippen molar-refractivity contribution in [2.75, 3.05) is 7.11 Å². The van der Waals surface area contributed by atoms with Crippen LogP contribution in [0.5, 0.6) is 5.75 Å². The lowest BCUT2D eigenvalue weighted by atomic mass is 9.94. The fraction of sp³-hybridized carbons (Fsp3) is 0.179. The Bertz CT molecular complexity index is 1430. The molecule has 7 nitrogen and oxygen atoms in total. The molecule has 0 radical (unpaired) electrons. The number of rotatable bonds is 6. The quantitative estimate of drug-likeness (QED) is 0.369. The zero-order chi connectivity index (χ0) is 25.2. The molecule has 1 aliphatic heterocycles. The van der Waals surface area contributed by atoms with E-state index in [9.17, 15) is 9.18 Å². The third kappa shape index (κ3) is 4.57. The van der Waals surface area contributed by atoms with Gasteiger partial charge in [-0.2, -0.15) is 4.98 Å². The summed E-state index contributed by atoms with van der Waals surface area (Å²) in [7, 11) is 1.61. The van der Waals surface area contributed by atoms with Crippen LogP contribution >= 0.6 is 0 Å². The summed E-state index contributed by atoms with van der Waals surface area (Å²) in [5.41, 5.74) is 4.68. The summed E-state index contributed by atoms with van der Waals surface area (Å²) in [5, 5.41) is 7.18. The topological polar surface area (TPSA) is 80.5 Å². The van der Waals surface area contributed by atoms with Gasteiger partial charge in [-0.1, -0.05) is 59.3 Å². The average Bonchev–Trinajstić information content (AvgIpc) is 3.36. The van der Waals surface area contributed by atoms with E-state index in [-0.39, 0.29) is 11.9 Å². The highest BCUT2D eigenvalue weighted by Gasteiger charge is 2.36. The monoisotopic (exact) mass is 484 g/mol. The van der Waals surface area contributed by atoms with Crippen LogP contribution in [0.3, 0.4) is 0 Å². The van der Waals surface area contributed by atoms with Crippen molar-refractivity contribution in [1.29, 1.82) is 0 Å². The normalized spacial score (nSPS) is 15.7. The van der Waals surface area contributed by atoms with E-state index in [2.05, 4.69) is 15.5 Å². The standard InChI is InChI=1S/C28H25FN4O3/c1-17-7-11-20(12-8-17)26-31-27(36-32-26)24-18(2)33(16-19-9-13-23(35-3)14-10-19)28(34)30-25(24)21-5-4-6-22(29)15-21/h4-15,25H,16H2,1-3H3,(H,30,34). The molecule has 1 N–H and O–H groups in total. The van der Waals surface area contributed by atoms with Crippen LogP contribution < -0.4 is 10.1 Å². The third-order valence-corrected chi connectivity index (χ3v) is 6.24. The number of urea groups is 1. The minimum atomic E-state index is -0.661. The molecule has 0 saturated carbocycles. The molecule has 1 aliphatic rings. The number of ether oxygens (including phenoxy) is 1. The van der Waals surface area contributed by atoms with E-state index < -0.39 is 11.9 Å². The van der Waals surface area contributed by atoms with E-state index in [0.717, 1.165) is 22.4 Å². The van der Waals surface area contributed by atoms with Crippen LogP contribution in [0.15, 0.2) is 83.0 Å². The van der Waals surface area contributed by atoms with Gasteiger partial charge in [-0.15, -0.1) is 0 Å². The first-order valence-electron chi connectivity index (χ1n) is 11.5. The molecule has 5 rings (SSSR count). The molecule has 0 saturated heterocycles. The molecule has 1 atom stereocenters. The lowest BCUT2D eigenvalue weighted by molar-refractivity contribution is 0.203. The van der Waals surface area contributed by atoms with Gasteiger partial charge >= 0.3 is 6.03 Å². The third-order valence-electron chi connectivity index (χ3n) is 6.24. The van der Waals surface area contributed by atoms with Crippen LogP contribution in [-0.4, -0.2) is 28.2 Å². The summed E-state index contributed by atoms with van der Waals surface area (Å²) in [6.07, 6.45) is 0. The fourth-order valence-corrected chi connectivity index (χ4v) is 4.25. The maximum absolute atomic E-state index is 14.1. The van der Waals surface area contributed by atoms with Crippen LogP contribution in [0.2, 0.25) is 0 Å². The minimum Gasteiger partial charge on any atom is -0.497 e. The number of carbonyl (C=O) groups is 1. The molecule has 0 bridgehead atoms. The first-order chi connectivity index (χ1) is 17.4. The fourth-order valence-electron chi connectivity index (χ4n) is 4.25. The molecule has 2 heterocycles. The van der Waals surface area contributed by atoms with Crippen molar-refractivity contribution < 1.29 is 18.4 Å². The molecule has 8 heteroatoms. The van der Waals surface area contributed by atoms with Crippen LogP contribution in [0, 0.1) is 12.7 Å². The first-order valence-corrected chi connectivity index (χ1v) is 11.5. The van der Waals surface area contributed by atoms with Gasteiger partial charge in [-0.05, 0) is 49.2 Å². The van der Waals surface area contributed by atoms with Crippen LogP contribution in [0.1, 0.15) is 35.5 Å². The Balaban J connectivity index is 1.57. The Hall–Kier alpha value is -4.46. The SMILES string of the molecule is COc1ccc(CN2C(=O)NC(c3cccc(F)c3)C(c3nc(-c4ccc(C)cc4)no3)=C2C)cc1. The summed E-state index contributed by atoms with van der Waals surface area (Å²) < 4.78 is 25.1. The number of nitrogens with zero attached hydrogens (tertiary/aromatic N) is 3. The van der Waals surface area contributed by atoms with E-state index in [1.807, 2.05) is 62.4 Å². The number of carbonyl (C=O) groups excluding carboxylic acids is 1. The molecule has 0 aliphatic carbocycles. The zero-order valence-corrected chi connectivity index (χ0v) is 20.2. The van der Waals surface area contributed by atoms with E-state index in [0.29, 0.717) is 29.2 Å². The number of hydrogen-bond donors (Lipinski definition) is 1. The molecule has 0 fully saturated rings. The van der Waals surface area contributed by atoms with Gasteiger partial charge in [-0.25, -0.2) is 9.18 Å². The van der Waals surface area contributed by atoms with Crippen LogP contribution in [0.25, 0.3) is 17.0 Å². The van der Waals surface area contributed by atoms with E-state index in [4.69, 9.17) is 9.26 Å². The van der Waals surface area contributed by atoms with Crippen molar-refractivity contribution in [1.82, 2.24) is 20.4 Å². The van der Waals surface area contributed by atoms with Crippen molar-refractivity contribution in [3.05, 3.63) is 107 Å². The number of amides is 2. The minimum absolute atomic E-state index is 0.261. The first kappa shape index (κ1) is 23.3. The van der Waals surface area contributed by atoms with Crippen LogP contribution in [0.4, 0.5) is 9.18 Å². The summed E-state index contributed by atoms with van der Waals surface area (Å²) in [4.78, 5) is 19.5. The van der Waals surface area contributed by atoms with Crippen molar-refractivity contribution >= 4 is 11.6 Å². The maximum atomic E-state index is 14.1. The number of allylic oxidation sites excluding steroid dienone is 1. The number of methoxy groups -OCH3 is 1. The molecular formula is C28H25FN4O3. The molecule has 1 aromatic heterocycles. The van der Waals surface area contributed by atoms with Gasteiger partial charge < -0.3 is 14.6 Å². The second-order valence-electron chi connectivity index (χ2n) is 8.66. The molecule has 3 aromatic carbocycles. The van der Waals surface area contributed by atoms with Gasteiger partial charge in [0.1, 0.15) is 11.6 Å². The lowest BCUT2D eigenvalue weighted by Gasteiger charge is -2.35. The molecule has 0 spiro atoms. The predicted octanol–water partition coefficient (Wildman–Crippen LogP) is 5.89. The van der Waals surface area contributed by atoms with E-state index in [1.54, 1.807) is 24.1 Å². The average molecular weight is 485 g/mol. The highest BCUT2D eigenvalue weighted by atomic mass is 19.1. The Morgan fingerprint density at radius 1 is 1.06 bits per heavy atom. The highest BCUT2D eigenvalue weighted by Crippen LogP contribution is 2.38. The molecular weight excluding hydrogens is 459 g/mol. The number of nitrogens with one attached hydrogen (secondary N) is 1. The predicted molar refractivity (Wildman–Crippen MR) is 133 cm³/mol. The zero-order valence-electron chi connectivity index (χ0n) is 20.2. The lowest BCUT2D eigenvalue weighted by Crippen LogP contribution is -2.45. The molecule has 4 aromatic rings. The largest absolute Gasteiger partial charge is 0.497 e. The summed E-state index contributed by atoms with van der Waals surface area (Å²) >= 11 is 0. The van der Waals surface area contributed by atoms with Crippen molar-refractivity contribution in [2.24, 2.45) is 0 Å². The molecule has 182 valence electrons. The number of benzene rings is 3. The smallest absolute Gasteiger partial charge is 0.322 e. The molecule has 1 unspecified atom stereocenters. The van der Waals surface area contributed by atoms with Crippen LogP contribution in [-0.2, 0) is 6.54 Å². The molecule has 2 amide bonds. The number of halogens is 1. The number of aromatic nitrogens is 2. The maximum Gasteiger partial charge on any atom is 0.322 e. The van der Waals surface area contributed by atoms with Gasteiger partial charge in [-0.3, -0.25) is 4.90 Å². The second kappa shape index (κ2) is 9.65. The summed E-state index contributed by atoms with van der Waals surface area (Å²) in [5.74, 6) is 1.03. The van der Waals surface area contributed by atoms with Gasteiger partial charge in [0.2, 0.25) is 5.82 Å². The Morgan fingerprint density at radius 2 is 1.81 bits per heavy atom. The Kier molecular flexibility index (Phi) is 6.25. The van der Waals surface area contributed by atoms with Crippen molar-refractivity contribution in [3.63, 3.8) is 0 Å². The summed E-state index contributed by atoms with van der Waals surface area (Å²) in [6.45, 7) is 4.16. The van der Waals surface area contributed by atoms with Gasteiger partial charge in [0.25, 0.3) is 5.89 Å². The number of hydrogen-bond acceptors (Lipinski definition) is 5. The van der Waals surface area contributed by atoms with Crippen molar-refractivity contribution in [2.45, 2.75) is 26.4 Å². The molecule has 36 heavy (non-hydrogen) atoms.